The third-order valence-electron chi connectivity index (χ3n) is 2.53. The molecular formula is C14H16N4O4S. The van der Waals surface area contributed by atoms with E-state index in [1.807, 2.05) is 13.0 Å². The third-order valence-corrected chi connectivity index (χ3v) is 3.35. The molecule has 0 radical (unpaired) electrons. The van der Waals surface area contributed by atoms with E-state index in [1.54, 1.807) is 24.3 Å². The summed E-state index contributed by atoms with van der Waals surface area (Å²) < 4.78 is 10.5. The van der Waals surface area contributed by atoms with Crippen molar-refractivity contribution in [1.82, 2.24) is 21.0 Å². The largest absolute Gasteiger partial charge is 0.484 e. The maximum absolute atomic E-state index is 11.6. The summed E-state index contributed by atoms with van der Waals surface area (Å²) in [6.45, 7) is 1.70. The van der Waals surface area contributed by atoms with Crippen molar-refractivity contribution in [3.63, 3.8) is 0 Å². The van der Waals surface area contributed by atoms with Gasteiger partial charge in [-0.05, 0) is 12.1 Å². The second-order valence-corrected chi connectivity index (χ2v) is 5.23. The highest BCUT2D eigenvalue weighted by Crippen LogP contribution is 2.15. The first-order chi connectivity index (χ1) is 11.2. The van der Waals surface area contributed by atoms with Gasteiger partial charge in [-0.25, -0.2) is 0 Å². The number of carbonyl (C=O) groups excluding carboxylic acids is 2. The Kier molecular flexibility index (Phi) is 6.42. The Balaban J connectivity index is 1.62. The van der Waals surface area contributed by atoms with Crippen molar-refractivity contribution in [2.45, 2.75) is 18.6 Å². The number of carbonyl (C=O) groups is 2. The summed E-state index contributed by atoms with van der Waals surface area (Å²) in [4.78, 5) is 23.1. The summed E-state index contributed by atoms with van der Waals surface area (Å²) in [5.41, 5.74) is 4.54. The smallest absolute Gasteiger partial charge is 0.277 e. The molecule has 0 unspecified atom stereocenters. The van der Waals surface area contributed by atoms with Crippen molar-refractivity contribution in [3.8, 4) is 5.75 Å². The Morgan fingerprint density at radius 2 is 1.91 bits per heavy atom. The van der Waals surface area contributed by atoms with Crippen molar-refractivity contribution in [2.75, 3.05) is 12.4 Å². The number of hydrogen-bond donors (Lipinski definition) is 2. The molecule has 8 nitrogen and oxygen atoms in total. The van der Waals surface area contributed by atoms with E-state index in [0.29, 0.717) is 23.3 Å². The molecule has 1 aromatic carbocycles. The number of hydrogen-bond acceptors (Lipinski definition) is 7. The predicted molar refractivity (Wildman–Crippen MR) is 82.6 cm³/mol. The SMILES string of the molecule is CCc1nnc(SCC(=O)NNC(=O)COc2ccccc2)o1. The maximum Gasteiger partial charge on any atom is 0.277 e. The summed E-state index contributed by atoms with van der Waals surface area (Å²) in [5.74, 6) is 0.287. The number of nitrogens with one attached hydrogen (secondary N) is 2. The zero-order valence-corrected chi connectivity index (χ0v) is 13.3. The van der Waals surface area contributed by atoms with Crippen molar-refractivity contribution in [2.24, 2.45) is 0 Å². The fraction of sp³-hybridized carbons (Fsp3) is 0.286. The molecule has 0 aliphatic rings. The molecular weight excluding hydrogens is 320 g/mol. The van der Waals surface area contributed by atoms with Crippen molar-refractivity contribution >= 4 is 23.6 Å². The number of nitrogens with zero attached hydrogens (tertiary/aromatic N) is 2. The van der Waals surface area contributed by atoms with Gasteiger partial charge in [0, 0.05) is 6.42 Å². The quantitative estimate of drug-likeness (QED) is 0.572. The number of aryl methyl sites for hydroxylation is 1. The number of amides is 2. The van der Waals surface area contributed by atoms with Gasteiger partial charge >= 0.3 is 0 Å². The van der Waals surface area contributed by atoms with Crippen LogP contribution in [0.1, 0.15) is 12.8 Å². The summed E-state index contributed by atoms with van der Waals surface area (Å²) >= 11 is 1.09. The molecule has 2 rings (SSSR count). The molecule has 0 spiro atoms. The summed E-state index contributed by atoms with van der Waals surface area (Å²) in [7, 11) is 0. The molecule has 2 amide bonds. The Hall–Kier alpha value is -2.55. The highest BCUT2D eigenvalue weighted by atomic mass is 32.2. The number of thioether (sulfide) groups is 1. The van der Waals surface area contributed by atoms with Crippen molar-refractivity contribution in [3.05, 3.63) is 36.2 Å². The summed E-state index contributed by atoms with van der Waals surface area (Å²) in [6, 6.07) is 8.91. The molecule has 0 aliphatic carbocycles. The molecule has 0 atom stereocenters. The van der Waals surface area contributed by atoms with Crippen LogP contribution < -0.4 is 15.6 Å². The lowest BCUT2D eigenvalue weighted by Gasteiger charge is -2.08. The molecule has 2 N–H and O–H groups in total. The van der Waals surface area contributed by atoms with Gasteiger partial charge in [-0.2, -0.15) is 0 Å². The first-order valence-electron chi connectivity index (χ1n) is 6.88. The Morgan fingerprint density at radius 1 is 1.17 bits per heavy atom. The van der Waals surface area contributed by atoms with Gasteiger partial charge in [0.2, 0.25) is 11.8 Å². The van der Waals surface area contributed by atoms with Crippen LogP contribution in [0.2, 0.25) is 0 Å². The van der Waals surface area contributed by atoms with Gasteiger partial charge in [0.1, 0.15) is 5.75 Å². The molecule has 1 aromatic heterocycles. The standard InChI is InChI=1S/C14H16N4O4S/c1-2-13-17-18-14(22-13)23-9-12(20)16-15-11(19)8-21-10-6-4-3-5-7-10/h3-7H,2,8-9H2,1H3,(H,15,19)(H,16,20). The lowest BCUT2D eigenvalue weighted by atomic mass is 10.3. The van der Waals surface area contributed by atoms with E-state index in [0.717, 1.165) is 11.8 Å². The minimum atomic E-state index is -0.460. The van der Waals surface area contributed by atoms with Crippen LogP contribution in [-0.4, -0.2) is 34.4 Å². The van der Waals surface area contributed by atoms with Gasteiger partial charge in [0.05, 0.1) is 5.75 Å². The van der Waals surface area contributed by atoms with Crippen LogP contribution >= 0.6 is 11.8 Å². The summed E-state index contributed by atoms with van der Waals surface area (Å²) in [6.07, 6.45) is 0.636. The number of rotatable bonds is 7. The Labute approximate surface area is 137 Å². The molecule has 2 aromatic rings. The van der Waals surface area contributed by atoms with E-state index in [4.69, 9.17) is 9.15 Å². The molecule has 23 heavy (non-hydrogen) atoms. The van der Waals surface area contributed by atoms with E-state index in [9.17, 15) is 9.59 Å². The van der Waals surface area contributed by atoms with E-state index in [-0.39, 0.29) is 18.3 Å². The van der Waals surface area contributed by atoms with E-state index in [2.05, 4.69) is 21.0 Å². The van der Waals surface area contributed by atoms with Crippen LogP contribution in [-0.2, 0) is 16.0 Å². The van der Waals surface area contributed by atoms with Crippen molar-refractivity contribution in [1.29, 1.82) is 0 Å². The van der Waals surface area contributed by atoms with E-state index >= 15 is 0 Å². The van der Waals surface area contributed by atoms with Gasteiger partial charge < -0.3 is 9.15 Å². The Bertz CT molecular complexity index is 647. The average Bonchev–Trinajstić information content (AvgIpc) is 3.05. The van der Waals surface area contributed by atoms with Crippen LogP contribution in [0.25, 0.3) is 0 Å². The van der Waals surface area contributed by atoms with Gasteiger partial charge in [-0.3, -0.25) is 20.4 Å². The molecule has 0 fully saturated rings. The Morgan fingerprint density at radius 3 is 2.61 bits per heavy atom. The van der Waals surface area contributed by atoms with Crippen LogP contribution in [0.15, 0.2) is 40.0 Å². The fourth-order valence-electron chi connectivity index (χ4n) is 1.44. The lowest BCUT2D eigenvalue weighted by molar-refractivity contribution is -0.128. The molecule has 9 heteroatoms. The minimum Gasteiger partial charge on any atom is -0.484 e. The minimum absolute atomic E-state index is 0.0468. The lowest BCUT2D eigenvalue weighted by Crippen LogP contribution is -2.44. The molecule has 0 saturated heterocycles. The van der Waals surface area contributed by atoms with E-state index < -0.39 is 5.91 Å². The fourth-order valence-corrected chi connectivity index (χ4v) is 2.02. The molecule has 0 bridgehead atoms. The van der Waals surface area contributed by atoms with Crippen LogP contribution in [0, 0.1) is 0 Å². The highest BCUT2D eigenvalue weighted by molar-refractivity contribution is 7.99. The van der Waals surface area contributed by atoms with Gasteiger partial charge in [0.15, 0.2) is 6.61 Å². The highest BCUT2D eigenvalue weighted by Gasteiger charge is 2.10. The number of hydrazine groups is 1. The maximum atomic E-state index is 11.6. The number of para-hydroxylation sites is 1. The first kappa shape index (κ1) is 16.8. The second-order valence-electron chi connectivity index (χ2n) is 4.30. The third kappa shape index (κ3) is 5.99. The monoisotopic (exact) mass is 336 g/mol. The molecule has 122 valence electrons. The molecule has 1 heterocycles. The van der Waals surface area contributed by atoms with Crippen LogP contribution in [0.3, 0.4) is 0 Å². The van der Waals surface area contributed by atoms with E-state index in [1.165, 1.54) is 0 Å². The second kappa shape index (κ2) is 8.79. The average molecular weight is 336 g/mol. The molecule has 0 aliphatic heterocycles. The number of benzene rings is 1. The zero-order valence-electron chi connectivity index (χ0n) is 12.4. The topological polar surface area (TPSA) is 106 Å². The van der Waals surface area contributed by atoms with Crippen molar-refractivity contribution < 1.29 is 18.7 Å². The number of ether oxygens (including phenoxy) is 1. The first-order valence-corrected chi connectivity index (χ1v) is 7.86. The number of aromatic nitrogens is 2. The van der Waals surface area contributed by atoms with Gasteiger partial charge in [-0.1, -0.05) is 36.9 Å². The van der Waals surface area contributed by atoms with Crippen LogP contribution in [0.5, 0.6) is 5.75 Å². The van der Waals surface area contributed by atoms with Gasteiger partial charge in [0.25, 0.3) is 11.1 Å². The normalized spacial score (nSPS) is 10.1. The predicted octanol–water partition coefficient (Wildman–Crippen LogP) is 0.950. The zero-order chi connectivity index (χ0) is 16.5. The molecule has 0 saturated carbocycles. The van der Waals surface area contributed by atoms with Crippen LogP contribution in [0.4, 0.5) is 0 Å². The van der Waals surface area contributed by atoms with Gasteiger partial charge in [-0.15, -0.1) is 10.2 Å². The summed E-state index contributed by atoms with van der Waals surface area (Å²) in [5, 5.41) is 7.88.